The molecule has 1 aromatic rings. The molecule has 0 spiro atoms. The molecule has 20 heavy (non-hydrogen) atoms. The predicted octanol–water partition coefficient (Wildman–Crippen LogP) is 1.50. The lowest BCUT2D eigenvalue weighted by Gasteiger charge is -2.26. The average molecular weight is 275 g/mol. The van der Waals surface area contributed by atoms with Gasteiger partial charge in [0, 0.05) is 6.54 Å². The number of nitrogens with one attached hydrogen (secondary N) is 2. The lowest BCUT2D eigenvalue weighted by atomic mass is 9.81. The van der Waals surface area contributed by atoms with Crippen LogP contribution in [-0.2, 0) is 4.79 Å². The van der Waals surface area contributed by atoms with Gasteiger partial charge in [-0.2, -0.15) is 0 Å². The number of benzene rings is 1. The second-order valence-electron chi connectivity index (χ2n) is 5.32. The van der Waals surface area contributed by atoms with Crippen LogP contribution in [0.15, 0.2) is 24.3 Å². The molecule has 1 heterocycles. The van der Waals surface area contributed by atoms with Crippen molar-refractivity contribution < 1.29 is 9.59 Å². The van der Waals surface area contributed by atoms with Gasteiger partial charge in [-0.25, -0.2) is 0 Å². The molecule has 1 aliphatic heterocycles. The van der Waals surface area contributed by atoms with E-state index in [2.05, 4.69) is 17.6 Å². The van der Waals surface area contributed by atoms with Crippen molar-refractivity contribution in [3.05, 3.63) is 29.8 Å². The molecule has 5 heteroatoms. The molecule has 5 nitrogen and oxygen atoms in total. The monoisotopic (exact) mass is 275 g/mol. The SMILES string of the molecule is CCCC1(C(=O)Nc2ccccc2C(N)=O)CCNC1. The van der Waals surface area contributed by atoms with Crippen LogP contribution >= 0.6 is 0 Å². The topological polar surface area (TPSA) is 84.2 Å². The maximum Gasteiger partial charge on any atom is 0.250 e. The fraction of sp³-hybridized carbons (Fsp3) is 0.467. The summed E-state index contributed by atoms with van der Waals surface area (Å²) >= 11 is 0. The number of carbonyl (C=O) groups is 2. The minimum Gasteiger partial charge on any atom is -0.366 e. The van der Waals surface area contributed by atoms with E-state index in [1.54, 1.807) is 24.3 Å². The van der Waals surface area contributed by atoms with Crippen LogP contribution in [-0.4, -0.2) is 24.9 Å². The molecule has 1 aliphatic rings. The van der Waals surface area contributed by atoms with Crippen molar-refractivity contribution in [3.63, 3.8) is 0 Å². The van der Waals surface area contributed by atoms with E-state index in [4.69, 9.17) is 5.73 Å². The molecule has 0 aromatic heterocycles. The number of para-hydroxylation sites is 1. The van der Waals surface area contributed by atoms with Crippen molar-refractivity contribution >= 4 is 17.5 Å². The van der Waals surface area contributed by atoms with Crippen molar-refractivity contribution in [2.45, 2.75) is 26.2 Å². The maximum atomic E-state index is 12.6. The maximum absolute atomic E-state index is 12.6. The molecule has 0 radical (unpaired) electrons. The highest BCUT2D eigenvalue weighted by molar-refractivity contribution is 6.04. The van der Waals surface area contributed by atoms with E-state index in [-0.39, 0.29) is 11.3 Å². The van der Waals surface area contributed by atoms with E-state index in [1.807, 2.05) is 0 Å². The van der Waals surface area contributed by atoms with Crippen LogP contribution in [0.4, 0.5) is 5.69 Å². The van der Waals surface area contributed by atoms with Gasteiger partial charge in [0.2, 0.25) is 5.91 Å². The summed E-state index contributed by atoms with van der Waals surface area (Å²) in [5, 5.41) is 6.13. The first-order valence-corrected chi connectivity index (χ1v) is 7.00. The van der Waals surface area contributed by atoms with Crippen molar-refractivity contribution in [2.75, 3.05) is 18.4 Å². The lowest BCUT2D eigenvalue weighted by Crippen LogP contribution is -2.38. The number of hydrogen-bond donors (Lipinski definition) is 3. The number of nitrogens with two attached hydrogens (primary N) is 1. The van der Waals surface area contributed by atoms with Gasteiger partial charge in [-0.3, -0.25) is 9.59 Å². The van der Waals surface area contributed by atoms with Gasteiger partial charge in [0.15, 0.2) is 0 Å². The number of carbonyl (C=O) groups excluding carboxylic acids is 2. The molecule has 108 valence electrons. The van der Waals surface area contributed by atoms with Crippen LogP contribution in [0.2, 0.25) is 0 Å². The van der Waals surface area contributed by atoms with Crippen molar-refractivity contribution in [1.82, 2.24) is 5.32 Å². The fourth-order valence-corrected chi connectivity index (χ4v) is 2.80. The van der Waals surface area contributed by atoms with E-state index in [1.165, 1.54) is 0 Å². The van der Waals surface area contributed by atoms with Crippen LogP contribution in [0, 0.1) is 5.41 Å². The van der Waals surface area contributed by atoms with Gasteiger partial charge in [-0.1, -0.05) is 25.5 Å². The Morgan fingerprint density at radius 1 is 1.40 bits per heavy atom. The van der Waals surface area contributed by atoms with E-state index in [9.17, 15) is 9.59 Å². The molecule has 2 amide bonds. The molecule has 1 aromatic carbocycles. The Morgan fingerprint density at radius 3 is 2.75 bits per heavy atom. The Hall–Kier alpha value is -1.88. The summed E-state index contributed by atoms with van der Waals surface area (Å²) < 4.78 is 0. The molecule has 0 bridgehead atoms. The molecule has 0 saturated carbocycles. The van der Waals surface area contributed by atoms with Crippen LogP contribution < -0.4 is 16.4 Å². The first-order valence-electron chi connectivity index (χ1n) is 7.00. The molecular weight excluding hydrogens is 254 g/mol. The third-order valence-electron chi connectivity index (χ3n) is 3.89. The third kappa shape index (κ3) is 2.82. The summed E-state index contributed by atoms with van der Waals surface area (Å²) in [6.07, 6.45) is 2.61. The number of primary amides is 1. The minimum absolute atomic E-state index is 0.0296. The summed E-state index contributed by atoms with van der Waals surface area (Å²) in [5.74, 6) is -0.562. The molecule has 0 aliphatic carbocycles. The zero-order chi connectivity index (χ0) is 14.6. The smallest absolute Gasteiger partial charge is 0.250 e. The zero-order valence-corrected chi connectivity index (χ0v) is 11.7. The average Bonchev–Trinajstić information content (AvgIpc) is 2.89. The quantitative estimate of drug-likeness (QED) is 0.761. The zero-order valence-electron chi connectivity index (χ0n) is 11.7. The summed E-state index contributed by atoms with van der Waals surface area (Å²) in [6.45, 7) is 3.61. The molecule has 2 rings (SSSR count). The molecule has 1 saturated heterocycles. The van der Waals surface area contributed by atoms with Gasteiger partial charge in [0.25, 0.3) is 5.91 Å². The summed E-state index contributed by atoms with van der Waals surface area (Å²) in [7, 11) is 0. The first kappa shape index (κ1) is 14.5. The molecule has 1 atom stereocenters. The Kier molecular flexibility index (Phi) is 4.39. The molecule has 1 fully saturated rings. The van der Waals surface area contributed by atoms with Crippen LogP contribution in [0.3, 0.4) is 0 Å². The second-order valence-corrected chi connectivity index (χ2v) is 5.32. The number of rotatable bonds is 5. The van der Waals surface area contributed by atoms with Crippen LogP contribution in [0.25, 0.3) is 0 Å². The highest BCUT2D eigenvalue weighted by Crippen LogP contribution is 2.33. The molecular formula is C15H21N3O2. The largest absolute Gasteiger partial charge is 0.366 e. The molecule has 4 N–H and O–H groups in total. The van der Waals surface area contributed by atoms with Crippen LogP contribution in [0.1, 0.15) is 36.5 Å². The van der Waals surface area contributed by atoms with Gasteiger partial charge in [-0.15, -0.1) is 0 Å². The van der Waals surface area contributed by atoms with Crippen LogP contribution in [0.5, 0.6) is 0 Å². The number of anilines is 1. The predicted molar refractivity (Wildman–Crippen MR) is 78.4 cm³/mol. The Labute approximate surface area is 118 Å². The highest BCUT2D eigenvalue weighted by Gasteiger charge is 2.40. The lowest BCUT2D eigenvalue weighted by molar-refractivity contribution is -0.125. The normalized spacial score (nSPS) is 21.6. The summed E-state index contributed by atoms with van der Waals surface area (Å²) in [4.78, 5) is 24.0. The minimum atomic E-state index is -0.532. The number of amides is 2. The van der Waals surface area contributed by atoms with Crippen molar-refractivity contribution in [3.8, 4) is 0 Å². The van der Waals surface area contributed by atoms with E-state index < -0.39 is 5.91 Å². The fourth-order valence-electron chi connectivity index (χ4n) is 2.80. The van der Waals surface area contributed by atoms with E-state index in [0.29, 0.717) is 17.8 Å². The van der Waals surface area contributed by atoms with E-state index in [0.717, 1.165) is 25.8 Å². The first-order chi connectivity index (χ1) is 9.59. The third-order valence-corrected chi connectivity index (χ3v) is 3.89. The Bertz CT molecular complexity index is 508. The van der Waals surface area contributed by atoms with Gasteiger partial charge in [0.1, 0.15) is 0 Å². The standard InChI is InChI=1S/C15H21N3O2/c1-2-7-15(8-9-17-10-15)14(20)18-12-6-4-3-5-11(12)13(16)19/h3-6,17H,2,7-10H2,1H3,(H2,16,19)(H,18,20). The highest BCUT2D eigenvalue weighted by atomic mass is 16.2. The number of hydrogen-bond acceptors (Lipinski definition) is 3. The Balaban J connectivity index is 2.21. The van der Waals surface area contributed by atoms with E-state index >= 15 is 0 Å². The Morgan fingerprint density at radius 2 is 2.15 bits per heavy atom. The van der Waals surface area contributed by atoms with Crippen molar-refractivity contribution in [2.24, 2.45) is 11.1 Å². The van der Waals surface area contributed by atoms with Gasteiger partial charge in [0.05, 0.1) is 16.7 Å². The second kappa shape index (κ2) is 6.05. The van der Waals surface area contributed by atoms with Gasteiger partial charge < -0.3 is 16.4 Å². The van der Waals surface area contributed by atoms with Crippen molar-refractivity contribution in [1.29, 1.82) is 0 Å². The summed E-state index contributed by atoms with van der Waals surface area (Å²) in [5.41, 5.74) is 5.80. The van der Waals surface area contributed by atoms with Gasteiger partial charge in [-0.05, 0) is 31.5 Å². The van der Waals surface area contributed by atoms with Gasteiger partial charge >= 0.3 is 0 Å². The molecule has 1 unspecified atom stereocenters. The summed E-state index contributed by atoms with van der Waals surface area (Å²) in [6, 6.07) is 6.84.